The van der Waals surface area contributed by atoms with Crippen molar-refractivity contribution in [1.82, 2.24) is 9.80 Å². The van der Waals surface area contributed by atoms with Crippen LogP contribution in [-0.2, 0) is 17.9 Å². The van der Waals surface area contributed by atoms with Crippen LogP contribution in [0.3, 0.4) is 0 Å². The minimum Gasteiger partial charge on any atom is -0.507 e. The molecule has 2 amide bonds. The van der Waals surface area contributed by atoms with E-state index < -0.39 is 11.9 Å². The zero-order chi connectivity index (χ0) is 19.1. The van der Waals surface area contributed by atoms with Gasteiger partial charge in [-0.2, -0.15) is 0 Å². The second kappa shape index (κ2) is 6.78. The Morgan fingerprint density at radius 3 is 2.37 bits per heavy atom. The van der Waals surface area contributed by atoms with Gasteiger partial charge in [0.1, 0.15) is 17.5 Å². The van der Waals surface area contributed by atoms with E-state index in [0.29, 0.717) is 26.1 Å². The van der Waals surface area contributed by atoms with Gasteiger partial charge in [0.25, 0.3) is 5.91 Å². The highest BCUT2D eigenvalue weighted by molar-refractivity contribution is 6.32. The Kier molecular flexibility index (Phi) is 4.44. The van der Waals surface area contributed by atoms with E-state index in [1.54, 1.807) is 4.90 Å². The number of benzene rings is 2. The molecule has 7 heteroatoms. The Morgan fingerprint density at radius 1 is 1.04 bits per heavy atom. The van der Waals surface area contributed by atoms with Crippen molar-refractivity contribution >= 4 is 23.4 Å². The van der Waals surface area contributed by atoms with Crippen molar-refractivity contribution in [3.8, 4) is 11.5 Å². The predicted molar refractivity (Wildman–Crippen MR) is 99.5 cm³/mol. The molecule has 2 N–H and O–H groups in total. The summed E-state index contributed by atoms with van der Waals surface area (Å²) in [6.07, 6.45) is 1.31. The maximum Gasteiger partial charge on any atom is 0.258 e. The van der Waals surface area contributed by atoms with Gasteiger partial charge >= 0.3 is 0 Å². The van der Waals surface area contributed by atoms with E-state index >= 15 is 0 Å². The third kappa shape index (κ3) is 3.10. The van der Waals surface area contributed by atoms with E-state index in [0.717, 1.165) is 23.6 Å². The number of hydrogen-bond acceptors (Lipinski definition) is 4. The lowest BCUT2D eigenvalue weighted by Crippen LogP contribution is -2.46. The van der Waals surface area contributed by atoms with E-state index in [4.69, 9.17) is 11.6 Å². The number of rotatable bonds is 2. The van der Waals surface area contributed by atoms with Crippen LogP contribution >= 0.6 is 11.6 Å². The van der Waals surface area contributed by atoms with Crippen molar-refractivity contribution in [1.29, 1.82) is 0 Å². The summed E-state index contributed by atoms with van der Waals surface area (Å²) in [5, 5.41) is 19.6. The molecule has 2 aromatic carbocycles. The zero-order valence-corrected chi connectivity index (χ0v) is 15.3. The average Bonchev–Trinajstić information content (AvgIpc) is 3.30. The molecule has 27 heavy (non-hydrogen) atoms. The maximum absolute atomic E-state index is 13.1. The molecule has 0 aliphatic carbocycles. The van der Waals surface area contributed by atoms with Crippen LogP contribution in [0.1, 0.15) is 34.3 Å². The van der Waals surface area contributed by atoms with Crippen molar-refractivity contribution in [2.45, 2.75) is 32.0 Å². The molecule has 0 spiro atoms. The fourth-order valence-electron chi connectivity index (χ4n) is 3.84. The molecule has 0 radical (unpaired) electrons. The highest BCUT2D eigenvalue weighted by Crippen LogP contribution is 2.34. The third-order valence-electron chi connectivity index (χ3n) is 5.25. The molecule has 1 atom stereocenters. The molecule has 2 aliphatic heterocycles. The number of phenolic OH excluding ortho intramolecular Hbond substituents is 2. The number of phenols is 2. The average molecular weight is 387 g/mol. The molecule has 0 bridgehead atoms. The number of nitrogens with zero attached hydrogens (tertiary/aromatic N) is 2. The van der Waals surface area contributed by atoms with E-state index in [9.17, 15) is 19.8 Å². The molecule has 0 saturated carbocycles. The lowest BCUT2D eigenvalue weighted by Gasteiger charge is -2.28. The van der Waals surface area contributed by atoms with Crippen molar-refractivity contribution in [3.05, 3.63) is 58.1 Å². The van der Waals surface area contributed by atoms with Gasteiger partial charge in [-0.15, -0.1) is 0 Å². The highest BCUT2D eigenvalue weighted by Gasteiger charge is 2.39. The molecule has 0 aromatic heterocycles. The summed E-state index contributed by atoms with van der Waals surface area (Å²) < 4.78 is 0. The number of hydrogen-bond donors (Lipinski definition) is 2. The van der Waals surface area contributed by atoms with Crippen molar-refractivity contribution in [3.63, 3.8) is 0 Å². The summed E-state index contributed by atoms with van der Waals surface area (Å²) in [4.78, 5) is 29.3. The van der Waals surface area contributed by atoms with E-state index in [2.05, 4.69) is 0 Å². The number of likely N-dealkylation sites (tertiary alicyclic amines) is 1. The number of amides is 2. The molecule has 140 valence electrons. The van der Waals surface area contributed by atoms with Gasteiger partial charge in [0, 0.05) is 25.7 Å². The summed E-state index contributed by atoms with van der Waals surface area (Å²) >= 11 is 5.88. The SMILES string of the molecule is O=C(C1CCCN1C(=O)c1cc(Cl)c(O)cc1O)N1Cc2ccccc2C1. The van der Waals surface area contributed by atoms with E-state index in [-0.39, 0.29) is 28.0 Å². The molecule has 1 fully saturated rings. The normalized spacial score (nSPS) is 18.6. The first-order chi connectivity index (χ1) is 13.0. The van der Waals surface area contributed by atoms with Crippen LogP contribution in [-0.4, -0.2) is 44.4 Å². The molecule has 1 saturated heterocycles. The standard InChI is InChI=1S/C20H19ClN2O4/c21-15-8-14(17(24)9-18(15)25)19(26)23-7-3-6-16(23)20(27)22-10-12-4-1-2-5-13(12)11-22/h1-2,4-5,8-9,16,24-25H,3,6-7,10-11H2. The quantitative estimate of drug-likeness (QED) is 0.831. The summed E-state index contributed by atoms with van der Waals surface area (Å²) in [5.74, 6) is -1.19. The number of fused-ring (bicyclic) bond motifs is 1. The van der Waals surface area contributed by atoms with Gasteiger partial charge in [0.2, 0.25) is 5.91 Å². The summed E-state index contributed by atoms with van der Waals surface area (Å²) in [6, 6.07) is 9.65. The summed E-state index contributed by atoms with van der Waals surface area (Å²) in [7, 11) is 0. The molecule has 2 aliphatic rings. The number of carbonyl (C=O) groups excluding carboxylic acids is 2. The van der Waals surface area contributed by atoms with E-state index in [1.165, 1.54) is 11.0 Å². The van der Waals surface area contributed by atoms with Crippen LogP contribution in [0.25, 0.3) is 0 Å². The van der Waals surface area contributed by atoms with Gasteiger partial charge in [-0.1, -0.05) is 35.9 Å². The van der Waals surface area contributed by atoms with Crippen molar-refractivity contribution in [2.75, 3.05) is 6.54 Å². The topological polar surface area (TPSA) is 81.1 Å². The third-order valence-corrected chi connectivity index (χ3v) is 5.55. The predicted octanol–water partition coefficient (Wildman–Crippen LogP) is 2.90. The van der Waals surface area contributed by atoms with Crippen molar-refractivity contribution < 1.29 is 19.8 Å². The number of aromatic hydroxyl groups is 2. The monoisotopic (exact) mass is 386 g/mol. The van der Waals surface area contributed by atoms with Crippen LogP contribution in [0.15, 0.2) is 36.4 Å². The lowest BCUT2D eigenvalue weighted by atomic mass is 10.1. The van der Waals surface area contributed by atoms with E-state index in [1.807, 2.05) is 24.3 Å². The van der Waals surface area contributed by atoms with Crippen LogP contribution < -0.4 is 0 Å². The lowest BCUT2D eigenvalue weighted by molar-refractivity contribution is -0.135. The number of carbonyl (C=O) groups is 2. The molecule has 2 aromatic rings. The minimum atomic E-state index is -0.557. The maximum atomic E-state index is 13.1. The Bertz CT molecular complexity index is 905. The molecular weight excluding hydrogens is 368 g/mol. The van der Waals surface area contributed by atoms with Crippen LogP contribution in [0, 0.1) is 0 Å². The number of halogens is 1. The summed E-state index contributed by atoms with van der Waals surface area (Å²) in [6.45, 7) is 1.53. The van der Waals surface area contributed by atoms with Gasteiger partial charge < -0.3 is 20.0 Å². The minimum absolute atomic E-state index is 0.0118. The molecule has 2 heterocycles. The fourth-order valence-corrected chi connectivity index (χ4v) is 4.01. The molecule has 4 rings (SSSR count). The van der Waals surface area contributed by atoms with Gasteiger partial charge in [0.15, 0.2) is 0 Å². The molecule has 6 nitrogen and oxygen atoms in total. The second-order valence-electron chi connectivity index (χ2n) is 6.94. The first kappa shape index (κ1) is 17.7. The Labute approximate surface area is 161 Å². The van der Waals surface area contributed by atoms with Crippen LogP contribution in [0.5, 0.6) is 11.5 Å². The Balaban J connectivity index is 1.55. The van der Waals surface area contributed by atoms with Gasteiger partial charge in [-0.05, 0) is 30.0 Å². The fraction of sp³-hybridized carbons (Fsp3) is 0.300. The smallest absolute Gasteiger partial charge is 0.258 e. The van der Waals surface area contributed by atoms with Gasteiger partial charge in [0.05, 0.1) is 10.6 Å². The largest absolute Gasteiger partial charge is 0.507 e. The Morgan fingerprint density at radius 2 is 1.70 bits per heavy atom. The highest BCUT2D eigenvalue weighted by atomic mass is 35.5. The molecule has 1 unspecified atom stereocenters. The molecular formula is C20H19ClN2O4. The van der Waals surface area contributed by atoms with Crippen LogP contribution in [0.4, 0.5) is 0 Å². The van der Waals surface area contributed by atoms with Crippen molar-refractivity contribution in [2.24, 2.45) is 0 Å². The first-order valence-electron chi connectivity index (χ1n) is 8.83. The first-order valence-corrected chi connectivity index (χ1v) is 9.21. The van der Waals surface area contributed by atoms with Crippen LogP contribution in [0.2, 0.25) is 5.02 Å². The zero-order valence-electron chi connectivity index (χ0n) is 14.6. The second-order valence-corrected chi connectivity index (χ2v) is 7.35. The van der Waals surface area contributed by atoms with Gasteiger partial charge in [-0.3, -0.25) is 9.59 Å². The van der Waals surface area contributed by atoms with Gasteiger partial charge in [-0.25, -0.2) is 0 Å². The summed E-state index contributed by atoms with van der Waals surface area (Å²) in [5.41, 5.74) is 2.25. The Hall–Kier alpha value is -2.73.